The number of fused-ring (bicyclic) bond motifs is 1. The number of anilines is 1. The van der Waals surface area contributed by atoms with Gasteiger partial charge in [-0.25, -0.2) is 18.4 Å². The van der Waals surface area contributed by atoms with Crippen molar-refractivity contribution in [2.24, 2.45) is 0 Å². The van der Waals surface area contributed by atoms with E-state index in [1.807, 2.05) is 24.3 Å². The molecule has 8 heteroatoms. The van der Waals surface area contributed by atoms with Gasteiger partial charge in [0.05, 0.1) is 16.1 Å². The maximum absolute atomic E-state index is 12.0. The Kier molecular flexibility index (Phi) is 6.32. The highest BCUT2D eigenvalue weighted by molar-refractivity contribution is 7.90. The number of nitrogens with zero attached hydrogens (tertiary/aromatic N) is 4. The van der Waals surface area contributed by atoms with Crippen LogP contribution in [0.5, 0.6) is 0 Å². The van der Waals surface area contributed by atoms with Crippen LogP contribution < -0.4 is 4.90 Å². The molecule has 4 rings (SSSR count). The number of thiophene rings is 1. The second-order valence-corrected chi connectivity index (χ2v) is 11.5. The number of rotatable bonds is 5. The zero-order valence-electron chi connectivity index (χ0n) is 18.6. The lowest BCUT2D eigenvalue weighted by Crippen LogP contribution is -2.35. The van der Waals surface area contributed by atoms with E-state index in [0.717, 1.165) is 43.4 Å². The third kappa shape index (κ3) is 4.76. The smallest absolute Gasteiger partial charge is 0.226 e. The van der Waals surface area contributed by atoms with E-state index in [-0.39, 0.29) is 0 Å². The van der Waals surface area contributed by atoms with Crippen LogP contribution in [0, 0.1) is 6.92 Å². The van der Waals surface area contributed by atoms with Gasteiger partial charge in [0.2, 0.25) is 5.95 Å². The molecule has 2 aromatic heterocycles. The predicted octanol–water partition coefficient (Wildman–Crippen LogP) is 4.46. The van der Waals surface area contributed by atoms with Gasteiger partial charge in [-0.3, -0.25) is 4.90 Å². The van der Waals surface area contributed by atoms with Crippen LogP contribution in [0.15, 0.2) is 40.6 Å². The SMILES string of the molecule is Cc1nc(N2CCC[C@@H](N(C)[C@H](C)c3cccs3)CC2)nc2cc(S(C)(=O)=O)ccc12. The lowest BCUT2D eigenvalue weighted by Gasteiger charge is -2.32. The standard InChI is InChI=1S/C23H30N4O2S2/c1-16-20-10-9-19(31(4,28)29)15-21(20)25-23(24-16)27-12-5-7-18(11-13-27)26(3)17(2)22-8-6-14-30-22/h6,8-10,14-15,17-18H,5,7,11-13H2,1-4H3/t17-,18-/m1/s1. The minimum absolute atomic E-state index is 0.296. The van der Waals surface area contributed by atoms with Gasteiger partial charge < -0.3 is 4.90 Å². The summed E-state index contributed by atoms with van der Waals surface area (Å²) in [4.78, 5) is 16.0. The van der Waals surface area contributed by atoms with Gasteiger partial charge >= 0.3 is 0 Å². The van der Waals surface area contributed by atoms with Crippen molar-refractivity contribution in [1.82, 2.24) is 14.9 Å². The molecule has 0 bridgehead atoms. The third-order valence-electron chi connectivity index (χ3n) is 6.40. The molecular weight excluding hydrogens is 428 g/mol. The second kappa shape index (κ2) is 8.84. The molecule has 1 aromatic carbocycles. The first-order valence-electron chi connectivity index (χ1n) is 10.7. The van der Waals surface area contributed by atoms with Crippen molar-refractivity contribution in [2.45, 2.75) is 50.1 Å². The van der Waals surface area contributed by atoms with Crippen LogP contribution in [-0.4, -0.2) is 55.7 Å². The summed E-state index contributed by atoms with van der Waals surface area (Å²) in [5, 5.41) is 3.04. The van der Waals surface area contributed by atoms with Crippen molar-refractivity contribution >= 4 is 38.0 Å². The van der Waals surface area contributed by atoms with Gasteiger partial charge in [0.25, 0.3) is 0 Å². The highest BCUT2D eigenvalue weighted by atomic mass is 32.2. The molecule has 0 aliphatic carbocycles. The molecule has 0 N–H and O–H groups in total. The summed E-state index contributed by atoms with van der Waals surface area (Å²) < 4.78 is 24.0. The van der Waals surface area contributed by atoms with Crippen molar-refractivity contribution in [1.29, 1.82) is 0 Å². The van der Waals surface area contributed by atoms with Crippen molar-refractivity contribution < 1.29 is 8.42 Å². The molecule has 3 heterocycles. The van der Waals surface area contributed by atoms with Crippen molar-refractivity contribution in [2.75, 3.05) is 31.3 Å². The lowest BCUT2D eigenvalue weighted by atomic mass is 10.1. The molecule has 1 saturated heterocycles. The van der Waals surface area contributed by atoms with Gasteiger partial charge in [-0.1, -0.05) is 6.07 Å². The molecule has 1 fully saturated rings. The number of aromatic nitrogens is 2. The Morgan fingerprint density at radius 3 is 2.71 bits per heavy atom. The molecule has 6 nitrogen and oxygen atoms in total. The van der Waals surface area contributed by atoms with Crippen molar-refractivity contribution in [3.8, 4) is 0 Å². The summed E-state index contributed by atoms with van der Waals surface area (Å²) in [6.07, 6.45) is 4.51. The van der Waals surface area contributed by atoms with Gasteiger partial charge in [-0.05, 0) is 69.8 Å². The fourth-order valence-electron chi connectivity index (χ4n) is 4.36. The van der Waals surface area contributed by atoms with E-state index in [2.05, 4.69) is 41.3 Å². The number of benzene rings is 1. The summed E-state index contributed by atoms with van der Waals surface area (Å²) in [7, 11) is -1.04. The van der Waals surface area contributed by atoms with Gasteiger partial charge in [0.1, 0.15) is 0 Å². The average Bonchev–Trinajstić information content (AvgIpc) is 3.16. The molecule has 166 valence electrons. The lowest BCUT2D eigenvalue weighted by molar-refractivity contribution is 0.174. The Balaban J connectivity index is 1.55. The van der Waals surface area contributed by atoms with Crippen LogP contribution in [0.4, 0.5) is 5.95 Å². The van der Waals surface area contributed by atoms with E-state index >= 15 is 0 Å². The summed E-state index contributed by atoms with van der Waals surface area (Å²) in [6.45, 7) is 6.05. The number of hydrogen-bond donors (Lipinski definition) is 0. The number of hydrogen-bond acceptors (Lipinski definition) is 7. The van der Waals surface area contributed by atoms with Crippen LogP contribution in [0.25, 0.3) is 10.9 Å². The molecule has 31 heavy (non-hydrogen) atoms. The van der Waals surface area contributed by atoms with Crippen molar-refractivity contribution in [3.63, 3.8) is 0 Å². The monoisotopic (exact) mass is 458 g/mol. The minimum atomic E-state index is -3.27. The molecule has 0 amide bonds. The Bertz CT molecular complexity index is 1160. The maximum atomic E-state index is 12.0. The molecule has 1 aliphatic heterocycles. The van der Waals surface area contributed by atoms with E-state index in [0.29, 0.717) is 28.4 Å². The van der Waals surface area contributed by atoms with E-state index < -0.39 is 9.84 Å². The Morgan fingerprint density at radius 2 is 2.00 bits per heavy atom. The molecule has 0 unspecified atom stereocenters. The third-order valence-corrected chi connectivity index (χ3v) is 8.55. The highest BCUT2D eigenvalue weighted by Gasteiger charge is 2.26. The van der Waals surface area contributed by atoms with Gasteiger partial charge in [-0.15, -0.1) is 11.3 Å². The summed E-state index contributed by atoms with van der Waals surface area (Å²) in [6, 6.07) is 10.4. The normalized spacial score (nSPS) is 19.0. The van der Waals surface area contributed by atoms with E-state index in [1.54, 1.807) is 12.1 Å². The molecule has 1 aliphatic rings. The molecule has 0 spiro atoms. The van der Waals surface area contributed by atoms with Crippen LogP contribution in [-0.2, 0) is 9.84 Å². The van der Waals surface area contributed by atoms with Crippen LogP contribution in [0.1, 0.15) is 42.8 Å². The predicted molar refractivity (Wildman–Crippen MR) is 128 cm³/mol. The molecular formula is C23H30N4O2S2. The summed E-state index contributed by atoms with van der Waals surface area (Å²) in [5.74, 6) is 0.699. The number of sulfone groups is 1. The Hall–Kier alpha value is -2.03. The maximum Gasteiger partial charge on any atom is 0.226 e. The molecule has 3 aromatic rings. The molecule has 2 atom stereocenters. The van der Waals surface area contributed by atoms with Crippen molar-refractivity contribution in [3.05, 3.63) is 46.3 Å². The van der Waals surface area contributed by atoms with Crippen LogP contribution in [0.3, 0.4) is 0 Å². The van der Waals surface area contributed by atoms with Gasteiger partial charge in [0.15, 0.2) is 9.84 Å². The minimum Gasteiger partial charge on any atom is -0.341 e. The molecule has 0 saturated carbocycles. The average molecular weight is 459 g/mol. The Morgan fingerprint density at radius 1 is 1.19 bits per heavy atom. The fourth-order valence-corrected chi connectivity index (χ4v) is 5.83. The zero-order valence-corrected chi connectivity index (χ0v) is 20.2. The van der Waals surface area contributed by atoms with Gasteiger partial charge in [-0.2, -0.15) is 0 Å². The van der Waals surface area contributed by atoms with Crippen LogP contribution in [0.2, 0.25) is 0 Å². The van der Waals surface area contributed by atoms with Crippen LogP contribution >= 0.6 is 11.3 Å². The largest absolute Gasteiger partial charge is 0.341 e. The number of aryl methyl sites for hydroxylation is 1. The quantitative estimate of drug-likeness (QED) is 0.563. The van der Waals surface area contributed by atoms with Gasteiger partial charge in [0, 0.05) is 41.7 Å². The first-order valence-corrected chi connectivity index (χ1v) is 13.5. The first-order chi connectivity index (χ1) is 14.7. The Labute approximate surface area is 188 Å². The topological polar surface area (TPSA) is 66.4 Å². The van der Waals surface area contributed by atoms with E-state index in [9.17, 15) is 8.42 Å². The molecule has 0 radical (unpaired) electrons. The highest BCUT2D eigenvalue weighted by Crippen LogP contribution is 2.29. The van der Waals surface area contributed by atoms with E-state index in [4.69, 9.17) is 9.97 Å². The fraction of sp³-hybridized carbons (Fsp3) is 0.478. The zero-order chi connectivity index (χ0) is 22.2. The second-order valence-electron chi connectivity index (χ2n) is 8.49. The first kappa shape index (κ1) is 22.2. The summed E-state index contributed by atoms with van der Waals surface area (Å²) in [5.41, 5.74) is 1.57. The summed E-state index contributed by atoms with van der Waals surface area (Å²) >= 11 is 1.82. The van der Waals surface area contributed by atoms with E-state index in [1.165, 1.54) is 11.1 Å².